The van der Waals surface area contributed by atoms with E-state index in [0.29, 0.717) is 0 Å². The number of anilines is 1. The summed E-state index contributed by atoms with van der Waals surface area (Å²) < 4.78 is 18.9. The molecule has 0 radical (unpaired) electrons. The molecule has 3 N–H and O–H groups in total. The molecule has 0 bridgehead atoms. The number of benzene rings is 1. The molecule has 0 atom stereocenters. The molecule has 0 unspecified atom stereocenters. The predicted molar refractivity (Wildman–Crippen MR) is 73.5 cm³/mol. The van der Waals surface area contributed by atoms with Crippen LogP contribution < -0.4 is 15.8 Å². The van der Waals surface area contributed by atoms with Crippen molar-refractivity contribution in [1.29, 1.82) is 0 Å². The monoisotopic (exact) mass is 283 g/mol. The van der Waals surface area contributed by atoms with Crippen molar-refractivity contribution >= 4 is 11.4 Å². The van der Waals surface area contributed by atoms with E-state index >= 15 is 0 Å². The highest BCUT2D eigenvalue weighted by Crippen LogP contribution is 2.33. The van der Waals surface area contributed by atoms with Crippen molar-refractivity contribution in [3.8, 4) is 5.75 Å². The Morgan fingerprint density at radius 1 is 1.40 bits per heavy atom. The van der Waals surface area contributed by atoms with Gasteiger partial charge in [-0.3, -0.25) is 10.1 Å². The highest BCUT2D eigenvalue weighted by atomic mass is 19.1. The number of nitro groups is 1. The highest BCUT2D eigenvalue weighted by molar-refractivity contribution is 5.59. The third kappa shape index (κ3) is 3.16. The Morgan fingerprint density at radius 3 is 2.60 bits per heavy atom. The minimum Gasteiger partial charge on any atom is -0.490 e. The summed E-state index contributed by atoms with van der Waals surface area (Å²) in [6.45, 7) is 0. The van der Waals surface area contributed by atoms with Gasteiger partial charge in [0.05, 0.1) is 23.8 Å². The number of nitrogens with zero attached hydrogens (tertiary/aromatic N) is 1. The second-order valence-corrected chi connectivity index (χ2v) is 5.02. The number of nitro benzene ring substituents is 1. The molecule has 6 nitrogen and oxygen atoms in total. The molecule has 0 saturated heterocycles. The molecule has 1 fully saturated rings. The van der Waals surface area contributed by atoms with Crippen LogP contribution >= 0.6 is 0 Å². The molecule has 1 aromatic carbocycles. The van der Waals surface area contributed by atoms with Gasteiger partial charge in [-0.25, -0.2) is 4.39 Å². The van der Waals surface area contributed by atoms with Gasteiger partial charge >= 0.3 is 5.69 Å². The number of nitrogens with one attached hydrogen (secondary N) is 1. The summed E-state index contributed by atoms with van der Waals surface area (Å²) >= 11 is 0. The van der Waals surface area contributed by atoms with Crippen molar-refractivity contribution in [3.05, 3.63) is 28.1 Å². The van der Waals surface area contributed by atoms with Crippen LogP contribution in [0.25, 0.3) is 0 Å². The van der Waals surface area contributed by atoms with Crippen LogP contribution in [0.15, 0.2) is 12.1 Å². The fourth-order valence-electron chi connectivity index (χ4n) is 2.44. The first-order chi connectivity index (χ1) is 9.51. The van der Waals surface area contributed by atoms with Gasteiger partial charge in [-0.2, -0.15) is 0 Å². The van der Waals surface area contributed by atoms with Gasteiger partial charge in [0, 0.05) is 18.2 Å². The quantitative estimate of drug-likeness (QED) is 0.654. The summed E-state index contributed by atoms with van der Waals surface area (Å²) in [5.74, 6) is -0.598. The Balaban J connectivity index is 2.17. The molecular weight excluding hydrogens is 265 g/mol. The molecule has 0 aliphatic heterocycles. The number of hydrogen-bond acceptors (Lipinski definition) is 5. The lowest BCUT2D eigenvalue weighted by atomic mass is 9.91. The number of rotatable bonds is 4. The highest BCUT2D eigenvalue weighted by Gasteiger charge is 2.23. The third-order valence-electron chi connectivity index (χ3n) is 3.60. The van der Waals surface area contributed by atoms with Crippen molar-refractivity contribution in [2.45, 2.75) is 37.8 Å². The van der Waals surface area contributed by atoms with Gasteiger partial charge in [0.1, 0.15) is 0 Å². The molecule has 0 aromatic heterocycles. The normalized spacial score (nSPS) is 22.4. The Bertz CT molecular complexity index is 502. The summed E-state index contributed by atoms with van der Waals surface area (Å²) in [7, 11) is 1.32. The third-order valence-corrected chi connectivity index (χ3v) is 3.60. The Labute approximate surface area is 116 Å². The van der Waals surface area contributed by atoms with Gasteiger partial charge in [0.25, 0.3) is 0 Å². The molecule has 7 heteroatoms. The van der Waals surface area contributed by atoms with Gasteiger partial charge < -0.3 is 15.8 Å². The lowest BCUT2D eigenvalue weighted by Crippen LogP contribution is -2.33. The maximum absolute atomic E-state index is 13.9. The topological polar surface area (TPSA) is 90.4 Å². The minimum absolute atomic E-state index is 0.0476. The van der Waals surface area contributed by atoms with Crippen LogP contribution in [0, 0.1) is 15.9 Å². The van der Waals surface area contributed by atoms with E-state index in [1.165, 1.54) is 13.2 Å². The SMILES string of the molecule is COc1cc(NC2CCC(N)CC2)c(F)cc1[N+](=O)[O-]. The first kappa shape index (κ1) is 14.5. The van der Waals surface area contributed by atoms with Gasteiger partial charge in [-0.15, -0.1) is 0 Å². The number of methoxy groups -OCH3 is 1. The van der Waals surface area contributed by atoms with Crippen LogP contribution in [0.4, 0.5) is 15.8 Å². The van der Waals surface area contributed by atoms with Crippen molar-refractivity contribution in [2.24, 2.45) is 5.73 Å². The minimum atomic E-state index is -0.661. The summed E-state index contributed by atoms with van der Waals surface area (Å²) in [5.41, 5.74) is 5.68. The average molecular weight is 283 g/mol. The van der Waals surface area contributed by atoms with Crippen molar-refractivity contribution in [1.82, 2.24) is 0 Å². The second-order valence-electron chi connectivity index (χ2n) is 5.02. The van der Waals surface area contributed by atoms with E-state index in [9.17, 15) is 14.5 Å². The Morgan fingerprint density at radius 2 is 2.05 bits per heavy atom. The molecule has 0 amide bonds. The zero-order valence-electron chi connectivity index (χ0n) is 11.3. The summed E-state index contributed by atoms with van der Waals surface area (Å²) in [6.07, 6.45) is 3.51. The van der Waals surface area contributed by atoms with Crippen LogP contribution in [0.5, 0.6) is 5.75 Å². The lowest BCUT2D eigenvalue weighted by Gasteiger charge is -2.27. The Hall–Kier alpha value is -1.89. The predicted octanol–water partition coefficient (Wildman–Crippen LogP) is 2.42. The number of halogens is 1. The molecule has 20 heavy (non-hydrogen) atoms. The van der Waals surface area contributed by atoms with Crippen LogP contribution in [0.2, 0.25) is 0 Å². The van der Waals surface area contributed by atoms with Crippen molar-refractivity contribution in [3.63, 3.8) is 0 Å². The average Bonchev–Trinajstić information content (AvgIpc) is 2.42. The molecule has 1 aromatic rings. The second kappa shape index (κ2) is 6.04. The van der Waals surface area contributed by atoms with Crippen LogP contribution in [-0.2, 0) is 0 Å². The van der Waals surface area contributed by atoms with Crippen molar-refractivity contribution < 1.29 is 14.1 Å². The molecule has 1 aliphatic carbocycles. The number of ether oxygens (including phenoxy) is 1. The fraction of sp³-hybridized carbons (Fsp3) is 0.538. The van der Waals surface area contributed by atoms with E-state index < -0.39 is 10.7 Å². The van der Waals surface area contributed by atoms with Gasteiger partial charge in [-0.1, -0.05) is 0 Å². The van der Waals surface area contributed by atoms with Gasteiger partial charge in [0.15, 0.2) is 11.6 Å². The zero-order valence-corrected chi connectivity index (χ0v) is 11.3. The standard InChI is InChI=1S/C13H18FN3O3/c1-20-13-7-11(10(14)6-12(13)17(18)19)16-9-4-2-8(15)3-5-9/h6-9,16H,2-5,15H2,1H3. The van der Waals surface area contributed by atoms with E-state index in [1.807, 2.05) is 0 Å². The van der Waals surface area contributed by atoms with Crippen LogP contribution in [0.3, 0.4) is 0 Å². The molecule has 2 rings (SSSR count). The molecule has 1 aliphatic rings. The van der Waals surface area contributed by atoms with E-state index in [-0.39, 0.29) is 29.2 Å². The summed E-state index contributed by atoms with van der Waals surface area (Å²) in [4.78, 5) is 10.1. The maximum atomic E-state index is 13.9. The van der Waals surface area contributed by atoms with E-state index in [4.69, 9.17) is 10.5 Å². The number of hydrogen-bond donors (Lipinski definition) is 2. The van der Waals surface area contributed by atoms with E-state index in [2.05, 4.69) is 5.32 Å². The van der Waals surface area contributed by atoms with Gasteiger partial charge in [0.2, 0.25) is 0 Å². The van der Waals surface area contributed by atoms with Crippen LogP contribution in [0.1, 0.15) is 25.7 Å². The molecule has 1 saturated carbocycles. The smallest absolute Gasteiger partial charge is 0.313 e. The van der Waals surface area contributed by atoms with Crippen molar-refractivity contribution in [2.75, 3.05) is 12.4 Å². The summed E-state index contributed by atoms with van der Waals surface area (Å²) in [6, 6.07) is 2.57. The molecule has 110 valence electrons. The molecular formula is C13H18FN3O3. The number of nitrogens with two attached hydrogens (primary N) is 1. The van der Waals surface area contributed by atoms with Gasteiger partial charge in [-0.05, 0) is 25.7 Å². The fourth-order valence-corrected chi connectivity index (χ4v) is 2.44. The Kier molecular flexibility index (Phi) is 4.39. The largest absolute Gasteiger partial charge is 0.490 e. The summed E-state index contributed by atoms with van der Waals surface area (Å²) in [5, 5.41) is 13.9. The maximum Gasteiger partial charge on any atom is 0.313 e. The first-order valence-electron chi connectivity index (χ1n) is 6.55. The lowest BCUT2D eigenvalue weighted by molar-refractivity contribution is -0.385. The molecule has 0 spiro atoms. The molecule has 0 heterocycles. The van der Waals surface area contributed by atoms with E-state index in [1.54, 1.807) is 0 Å². The zero-order chi connectivity index (χ0) is 14.7. The van der Waals surface area contributed by atoms with Crippen LogP contribution in [-0.4, -0.2) is 24.1 Å². The van der Waals surface area contributed by atoms with E-state index in [0.717, 1.165) is 31.7 Å². The first-order valence-corrected chi connectivity index (χ1v) is 6.55.